The van der Waals surface area contributed by atoms with Crippen LogP contribution in [0.3, 0.4) is 0 Å². The van der Waals surface area contributed by atoms with E-state index in [1.165, 1.54) is 5.56 Å². The van der Waals surface area contributed by atoms with Crippen molar-refractivity contribution in [1.29, 1.82) is 0 Å². The normalized spacial score (nSPS) is 11.2. The van der Waals surface area contributed by atoms with Crippen molar-refractivity contribution in [2.45, 2.75) is 13.3 Å². The van der Waals surface area contributed by atoms with Crippen LogP contribution in [0.25, 0.3) is 33.2 Å². The van der Waals surface area contributed by atoms with Crippen molar-refractivity contribution in [2.24, 2.45) is 0 Å². The molecule has 0 aliphatic heterocycles. The Hall–Kier alpha value is -3.80. The van der Waals surface area contributed by atoms with E-state index in [0.29, 0.717) is 0 Å². The van der Waals surface area contributed by atoms with E-state index in [1.54, 1.807) is 6.33 Å². The zero-order valence-electron chi connectivity index (χ0n) is 16.1. The first-order valence-corrected chi connectivity index (χ1v) is 9.61. The van der Waals surface area contributed by atoms with Gasteiger partial charge in [-0.1, -0.05) is 36.4 Å². The quantitative estimate of drug-likeness (QED) is 0.468. The Morgan fingerprint density at radius 2 is 1.83 bits per heavy atom. The van der Waals surface area contributed by atoms with Crippen molar-refractivity contribution < 1.29 is 0 Å². The maximum Gasteiger partial charge on any atom is 0.177 e. The number of nitrogens with one attached hydrogen (secondary N) is 2. The summed E-state index contributed by atoms with van der Waals surface area (Å²) in [6, 6.07) is 18.7. The maximum atomic E-state index is 4.47. The predicted octanol–water partition coefficient (Wildman–Crippen LogP) is 4.53. The number of hydrogen-bond acceptors (Lipinski definition) is 5. The highest BCUT2D eigenvalue weighted by Crippen LogP contribution is 2.28. The monoisotopic (exact) mass is 380 g/mol. The van der Waals surface area contributed by atoms with E-state index in [2.05, 4.69) is 72.7 Å². The highest BCUT2D eigenvalue weighted by Gasteiger charge is 2.08. The van der Waals surface area contributed by atoms with Gasteiger partial charge in [0.05, 0.1) is 11.0 Å². The summed E-state index contributed by atoms with van der Waals surface area (Å²) in [6.07, 6.45) is 4.40. The molecule has 5 rings (SSSR count). The number of aromatic nitrogens is 5. The van der Waals surface area contributed by atoms with Gasteiger partial charge in [0.1, 0.15) is 18.0 Å². The lowest BCUT2D eigenvalue weighted by atomic mass is 10.0. The summed E-state index contributed by atoms with van der Waals surface area (Å²) in [5.74, 6) is 1.71. The van der Waals surface area contributed by atoms with Crippen LogP contribution in [-0.4, -0.2) is 31.5 Å². The molecule has 0 spiro atoms. The summed E-state index contributed by atoms with van der Waals surface area (Å²) < 4.78 is 0. The van der Waals surface area contributed by atoms with Crippen LogP contribution < -0.4 is 5.32 Å². The maximum absolute atomic E-state index is 4.47. The molecule has 0 atom stereocenters. The third kappa shape index (κ3) is 3.52. The molecule has 0 aliphatic carbocycles. The summed E-state index contributed by atoms with van der Waals surface area (Å²) in [5, 5.41) is 4.46. The predicted molar refractivity (Wildman–Crippen MR) is 116 cm³/mol. The van der Waals surface area contributed by atoms with Gasteiger partial charge in [0.25, 0.3) is 0 Å². The Balaban J connectivity index is 1.45. The zero-order chi connectivity index (χ0) is 19.6. The van der Waals surface area contributed by atoms with Crippen LogP contribution in [-0.2, 0) is 6.42 Å². The molecule has 3 heterocycles. The lowest BCUT2D eigenvalue weighted by Gasteiger charge is -2.10. The van der Waals surface area contributed by atoms with Gasteiger partial charge in [-0.2, -0.15) is 0 Å². The number of aryl methyl sites for hydroxylation is 1. The molecule has 2 N–H and O–H groups in total. The van der Waals surface area contributed by atoms with Gasteiger partial charge >= 0.3 is 0 Å². The van der Waals surface area contributed by atoms with E-state index in [0.717, 1.165) is 57.8 Å². The van der Waals surface area contributed by atoms with Crippen molar-refractivity contribution in [2.75, 3.05) is 11.9 Å². The molecule has 0 amide bonds. The van der Waals surface area contributed by atoms with Gasteiger partial charge in [-0.15, -0.1) is 0 Å². The van der Waals surface area contributed by atoms with E-state index in [1.807, 2.05) is 25.3 Å². The molecule has 0 aliphatic rings. The number of rotatable bonds is 5. The number of aromatic amines is 1. The van der Waals surface area contributed by atoms with Crippen LogP contribution in [0, 0.1) is 6.92 Å². The Labute approximate surface area is 168 Å². The third-order valence-corrected chi connectivity index (χ3v) is 4.97. The standard InChI is InChI=1S/C23H20N6/c1-15-28-21-12-18(13-25-23(21)29-15)17-7-8-20-19(11-17)22(27-14-26-20)24-10-9-16-5-3-2-4-6-16/h2-8,11-14H,9-10H2,1H3,(H,24,26,27)(H,25,28,29). The highest BCUT2D eigenvalue weighted by molar-refractivity contribution is 5.93. The number of pyridine rings is 1. The van der Waals surface area contributed by atoms with Crippen molar-refractivity contribution in [3.63, 3.8) is 0 Å². The van der Waals surface area contributed by atoms with Gasteiger partial charge in [-0.25, -0.2) is 19.9 Å². The first-order chi connectivity index (χ1) is 14.3. The van der Waals surface area contributed by atoms with Crippen LogP contribution in [0.5, 0.6) is 0 Å². The summed E-state index contributed by atoms with van der Waals surface area (Å²) in [4.78, 5) is 21.0. The highest BCUT2D eigenvalue weighted by atomic mass is 15.0. The number of nitrogens with zero attached hydrogens (tertiary/aromatic N) is 4. The molecule has 0 unspecified atom stereocenters. The molecule has 5 aromatic rings. The summed E-state index contributed by atoms with van der Waals surface area (Å²) >= 11 is 0. The van der Waals surface area contributed by atoms with E-state index in [4.69, 9.17) is 0 Å². The SMILES string of the molecule is Cc1nc2ncc(-c3ccc4ncnc(NCCc5ccccc5)c4c3)cc2[nH]1. The van der Waals surface area contributed by atoms with Crippen molar-refractivity contribution >= 4 is 27.9 Å². The first kappa shape index (κ1) is 17.3. The van der Waals surface area contributed by atoms with Crippen molar-refractivity contribution in [3.8, 4) is 11.1 Å². The largest absolute Gasteiger partial charge is 0.369 e. The average molecular weight is 380 g/mol. The molecule has 0 radical (unpaired) electrons. The second-order valence-electron chi connectivity index (χ2n) is 7.03. The van der Waals surface area contributed by atoms with Crippen molar-refractivity contribution in [3.05, 3.63) is 78.5 Å². The molecule has 0 saturated heterocycles. The minimum absolute atomic E-state index is 0.735. The van der Waals surface area contributed by atoms with E-state index in [-0.39, 0.29) is 0 Å². The lowest BCUT2D eigenvalue weighted by molar-refractivity contribution is 1.01. The number of hydrogen-bond donors (Lipinski definition) is 2. The van der Waals surface area contributed by atoms with Crippen LogP contribution in [0.15, 0.2) is 67.1 Å². The second kappa shape index (κ2) is 7.31. The van der Waals surface area contributed by atoms with Crippen LogP contribution in [0.4, 0.5) is 5.82 Å². The molecule has 0 saturated carbocycles. The van der Waals surface area contributed by atoms with Crippen LogP contribution in [0.1, 0.15) is 11.4 Å². The fourth-order valence-corrected chi connectivity index (χ4v) is 3.53. The molecular weight excluding hydrogens is 360 g/mol. The van der Waals surface area contributed by atoms with E-state index >= 15 is 0 Å². The first-order valence-electron chi connectivity index (χ1n) is 9.61. The Bertz CT molecular complexity index is 1290. The Kier molecular flexibility index (Phi) is 4.37. The number of fused-ring (bicyclic) bond motifs is 2. The molecule has 6 heteroatoms. The van der Waals surface area contributed by atoms with Gasteiger partial charge in [-0.05, 0) is 42.7 Å². The molecule has 2 aromatic carbocycles. The van der Waals surface area contributed by atoms with Gasteiger partial charge in [0, 0.05) is 23.7 Å². The van der Waals surface area contributed by atoms with Gasteiger partial charge in [-0.3, -0.25) is 0 Å². The van der Waals surface area contributed by atoms with Gasteiger partial charge in [0.2, 0.25) is 0 Å². The average Bonchev–Trinajstić information content (AvgIpc) is 3.13. The molecular formula is C23H20N6. The molecule has 0 fully saturated rings. The Morgan fingerprint density at radius 3 is 2.72 bits per heavy atom. The van der Waals surface area contributed by atoms with Crippen LogP contribution >= 0.6 is 0 Å². The van der Waals surface area contributed by atoms with Crippen molar-refractivity contribution in [1.82, 2.24) is 24.9 Å². The zero-order valence-corrected chi connectivity index (χ0v) is 16.1. The van der Waals surface area contributed by atoms with Gasteiger partial charge in [0.15, 0.2) is 5.65 Å². The number of benzene rings is 2. The van der Waals surface area contributed by atoms with E-state index < -0.39 is 0 Å². The number of H-pyrrole nitrogens is 1. The fraction of sp³-hybridized carbons (Fsp3) is 0.130. The molecule has 142 valence electrons. The number of imidazole rings is 1. The smallest absolute Gasteiger partial charge is 0.177 e. The molecule has 29 heavy (non-hydrogen) atoms. The minimum Gasteiger partial charge on any atom is -0.369 e. The second-order valence-corrected chi connectivity index (χ2v) is 7.03. The summed E-state index contributed by atoms with van der Waals surface area (Å²) in [7, 11) is 0. The van der Waals surface area contributed by atoms with Crippen LogP contribution in [0.2, 0.25) is 0 Å². The lowest BCUT2D eigenvalue weighted by Crippen LogP contribution is -2.07. The fourth-order valence-electron chi connectivity index (χ4n) is 3.53. The topological polar surface area (TPSA) is 79.4 Å². The summed E-state index contributed by atoms with van der Waals surface area (Å²) in [6.45, 7) is 2.74. The van der Waals surface area contributed by atoms with E-state index in [9.17, 15) is 0 Å². The summed E-state index contributed by atoms with van der Waals surface area (Å²) in [5.41, 5.74) is 5.98. The molecule has 3 aromatic heterocycles. The third-order valence-electron chi connectivity index (χ3n) is 4.97. The Morgan fingerprint density at radius 1 is 0.931 bits per heavy atom. The number of anilines is 1. The van der Waals surface area contributed by atoms with Gasteiger partial charge < -0.3 is 10.3 Å². The molecule has 6 nitrogen and oxygen atoms in total. The molecule has 0 bridgehead atoms. The minimum atomic E-state index is 0.735.